The molecule has 1 amide bonds. The Bertz CT molecular complexity index is 1250. The molecule has 0 saturated carbocycles. The third-order valence-corrected chi connectivity index (χ3v) is 7.03. The topological polar surface area (TPSA) is 79.7 Å². The van der Waals surface area contributed by atoms with Crippen molar-refractivity contribution in [1.29, 1.82) is 0 Å². The van der Waals surface area contributed by atoms with Crippen LogP contribution in [-0.2, 0) is 16.1 Å². The fraction of sp³-hybridized carbons (Fsp3) is 0.444. The van der Waals surface area contributed by atoms with Gasteiger partial charge in [0.1, 0.15) is 17.7 Å². The molecule has 2 aliphatic heterocycles. The Morgan fingerprint density at radius 3 is 2.78 bits per heavy atom. The summed E-state index contributed by atoms with van der Waals surface area (Å²) in [5, 5.41) is 3.29. The molecule has 1 N–H and O–H groups in total. The number of rotatable bonds is 1. The largest absolute Gasteiger partial charge is 0.380 e. The van der Waals surface area contributed by atoms with Crippen LogP contribution in [0, 0.1) is 12.7 Å². The molecule has 2 unspecified atom stereocenters. The second-order valence-corrected chi connectivity index (χ2v) is 9.40. The quantitative estimate of drug-likeness (QED) is 0.654. The van der Waals surface area contributed by atoms with E-state index in [1.165, 1.54) is 18.2 Å². The molecule has 1 aromatic carbocycles. The number of ether oxygens (including phenoxy) is 1. The molecule has 4 rings (SSSR count). The Morgan fingerprint density at radius 2 is 2.03 bits per heavy atom. The molecule has 0 saturated heterocycles. The second kappa shape index (κ2) is 10.7. The van der Waals surface area contributed by atoms with Crippen molar-refractivity contribution < 1.29 is 13.9 Å². The lowest BCUT2D eigenvalue weighted by molar-refractivity contribution is -0.128. The van der Waals surface area contributed by atoms with Crippen LogP contribution >= 0.6 is 0 Å². The number of hydrogen-bond donors (Lipinski definition) is 1. The van der Waals surface area contributed by atoms with Crippen LogP contribution in [0.25, 0.3) is 5.70 Å². The zero-order valence-electron chi connectivity index (χ0n) is 21.4. The summed E-state index contributed by atoms with van der Waals surface area (Å²) in [5.41, 5.74) is 2.88. The van der Waals surface area contributed by atoms with Gasteiger partial charge in [-0.25, -0.2) is 9.37 Å². The summed E-state index contributed by atoms with van der Waals surface area (Å²) in [6, 6.07) is 3.96. The number of fused-ring (bicyclic) bond motifs is 2. The highest BCUT2D eigenvalue weighted by molar-refractivity contribution is 5.87. The monoisotopic (exact) mass is 495 g/mol. The number of amides is 1. The lowest BCUT2D eigenvalue weighted by Gasteiger charge is -2.29. The minimum Gasteiger partial charge on any atom is -0.380 e. The van der Waals surface area contributed by atoms with Gasteiger partial charge >= 0.3 is 0 Å². The Morgan fingerprint density at radius 1 is 1.25 bits per heavy atom. The van der Waals surface area contributed by atoms with Crippen LogP contribution in [0.5, 0.6) is 0 Å². The van der Waals surface area contributed by atoms with E-state index in [9.17, 15) is 14.0 Å². The molecule has 2 bridgehead atoms. The van der Waals surface area contributed by atoms with Crippen molar-refractivity contribution in [3.63, 3.8) is 0 Å². The van der Waals surface area contributed by atoms with Crippen molar-refractivity contribution in [2.75, 3.05) is 38.8 Å². The highest BCUT2D eigenvalue weighted by Crippen LogP contribution is 2.28. The fourth-order valence-electron chi connectivity index (χ4n) is 4.74. The second-order valence-electron chi connectivity index (χ2n) is 9.40. The van der Waals surface area contributed by atoms with Crippen LogP contribution in [0.3, 0.4) is 0 Å². The van der Waals surface area contributed by atoms with Gasteiger partial charge < -0.3 is 19.9 Å². The minimum absolute atomic E-state index is 0.167. The van der Waals surface area contributed by atoms with Gasteiger partial charge in [-0.1, -0.05) is 25.6 Å². The molecule has 192 valence electrons. The van der Waals surface area contributed by atoms with Gasteiger partial charge in [-0.15, -0.1) is 0 Å². The maximum absolute atomic E-state index is 14.1. The van der Waals surface area contributed by atoms with E-state index < -0.39 is 6.04 Å². The van der Waals surface area contributed by atoms with E-state index in [1.807, 2.05) is 24.9 Å². The molecule has 0 radical (unpaired) electrons. The van der Waals surface area contributed by atoms with E-state index in [0.29, 0.717) is 55.3 Å². The van der Waals surface area contributed by atoms with E-state index in [0.717, 1.165) is 11.3 Å². The van der Waals surface area contributed by atoms with Gasteiger partial charge in [0.05, 0.1) is 30.6 Å². The van der Waals surface area contributed by atoms with Crippen molar-refractivity contribution >= 4 is 17.3 Å². The van der Waals surface area contributed by atoms with Crippen LogP contribution in [0.15, 0.2) is 41.7 Å². The van der Waals surface area contributed by atoms with Crippen LogP contribution in [0.1, 0.15) is 54.5 Å². The molecular formula is C27H34FN5O3. The van der Waals surface area contributed by atoms with E-state index in [4.69, 9.17) is 9.72 Å². The number of nitrogens with one attached hydrogen (secondary N) is 1. The van der Waals surface area contributed by atoms with E-state index in [1.54, 1.807) is 29.5 Å². The number of likely N-dealkylation sites (N-methyl/N-ethyl adjacent to an activating group) is 1. The minimum atomic E-state index is -0.530. The summed E-state index contributed by atoms with van der Waals surface area (Å²) in [7, 11) is 3.59. The van der Waals surface area contributed by atoms with Gasteiger partial charge in [-0.05, 0) is 43.5 Å². The number of anilines is 1. The summed E-state index contributed by atoms with van der Waals surface area (Å²) >= 11 is 0. The zero-order valence-corrected chi connectivity index (χ0v) is 21.4. The number of carbonyl (C=O) groups excluding carboxylic acids is 1. The molecule has 36 heavy (non-hydrogen) atoms. The first kappa shape index (κ1) is 25.6. The summed E-state index contributed by atoms with van der Waals surface area (Å²) < 4.78 is 21.7. The molecule has 3 heterocycles. The van der Waals surface area contributed by atoms with Crippen molar-refractivity contribution in [2.24, 2.45) is 0 Å². The van der Waals surface area contributed by atoms with Gasteiger partial charge in [-0.3, -0.25) is 14.2 Å². The summed E-state index contributed by atoms with van der Waals surface area (Å²) in [4.78, 5) is 35.1. The summed E-state index contributed by atoms with van der Waals surface area (Å²) in [5.74, 6) is -0.0396. The fourth-order valence-corrected chi connectivity index (χ4v) is 4.74. The third kappa shape index (κ3) is 4.93. The van der Waals surface area contributed by atoms with Gasteiger partial charge in [0.15, 0.2) is 0 Å². The molecule has 2 aliphatic rings. The van der Waals surface area contributed by atoms with E-state index >= 15 is 0 Å². The lowest BCUT2D eigenvalue weighted by atomic mass is 10.1. The number of benzene rings is 1. The predicted molar refractivity (Wildman–Crippen MR) is 138 cm³/mol. The maximum atomic E-state index is 14.1. The van der Waals surface area contributed by atoms with Crippen LogP contribution in [0.4, 0.5) is 10.1 Å². The highest BCUT2D eigenvalue weighted by Gasteiger charge is 2.33. The molecular weight excluding hydrogens is 461 g/mol. The standard InChI is InChI=1S/C27H34FN5O3/c1-6-21-15-36-16-23-26-30-25(17(2)27(35)33(21)26)18(3)29-14-19-10-11-20(28)13-22(19)31(4)12-8-7-9-24(34)32(23)5/h7,9-11,13,21,23,29H,3,6,8,12,14-16H2,1-2,4-5H3. The summed E-state index contributed by atoms with van der Waals surface area (Å²) in [6.45, 7) is 9.51. The van der Waals surface area contributed by atoms with Gasteiger partial charge in [0, 0.05) is 38.4 Å². The van der Waals surface area contributed by atoms with E-state index in [2.05, 4.69) is 11.9 Å². The van der Waals surface area contributed by atoms with Gasteiger partial charge in [-0.2, -0.15) is 0 Å². The van der Waals surface area contributed by atoms with Crippen LogP contribution in [-0.4, -0.2) is 54.2 Å². The van der Waals surface area contributed by atoms with Gasteiger partial charge in [0.2, 0.25) is 5.91 Å². The SMILES string of the molecule is C=C1NCc2ccc(F)cc2N(C)CCC=CC(=O)N(C)C2COCC(CC)n3c2nc1c(C)c3=O. The molecule has 1 aromatic heterocycles. The zero-order chi connectivity index (χ0) is 26.0. The average Bonchev–Trinajstić information content (AvgIpc) is 3.05. The number of carbonyl (C=O) groups is 1. The first-order valence-electron chi connectivity index (χ1n) is 12.3. The highest BCUT2D eigenvalue weighted by atomic mass is 19.1. The Hall–Kier alpha value is -3.46. The molecule has 0 fully saturated rings. The number of hydrogen-bond acceptors (Lipinski definition) is 6. The van der Waals surface area contributed by atoms with Crippen LogP contribution < -0.4 is 15.8 Å². The maximum Gasteiger partial charge on any atom is 0.257 e. The van der Waals surface area contributed by atoms with E-state index in [-0.39, 0.29) is 29.9 Å². The predicted octanol–water partition coefficient (Wildman–Crippen LogP) is 3.33. The normalized spacial score (nSPS) is 21.1. The van der Waals surface area contributed by atoms with Crippen molar-refractivity contribution in [1.82, 2.24) is 19.8 Å². The first-order chi connectivity index (χ1) is 17.2. The molecule has 2 aromatic rings. The van der Waals surface area contributed by atoms with Gasteiger partial charge in [0.25, 0.3) is 5.56 Å². The number of aromatic nitrogens is 2. The Balaban J connectivity index is 1.85. The van der Waals surface area contributed by atoms with Crippen molar-refractivity contribution in [3.8, 4) is 0 Å². The Kier molecular flexibility index (Phi) is 7.59. The first-order valence-corrected chi connectivity index (χ1v) is 12.3. The molecule has 8 nitrogen and oxygen atoms in total. The van der Waals surface area contributed by atoms with Crippen LogP contribution in [0.2, 0.25) is 0 Å². The molecule has 0 spiro atoms. The number of nitrogens with zero attached hydrogens (tertiary/aromatic N) is 4. The number of halogens is 1. The Labute approximate surface area is 211 Å². The lowest BCUT2D eigenvalue weighted by Crippen LogP contribution is -2.39. The third-order valence-electron chi connectivity index (χ3n) is 7.03. The molecule has 0 aliphatic carbocycles. The van der Waals surface area contributed by atoms with Crippen molar-refractivity contribution in [3.05, 3.63) is 75.7 Å². The average molecular weight is 496 g/mol. The molecule has 2 atom stereocenters. The van der Waals surface area contributed by atoms with Crippen molar-refractivity contribution in [2.45, 2.75) is 45.3 Å². The summed E-state index contributed by atoms with van der Waals surface area (Å²) in [6.07, 6.45) is 4.64. The smallest absolute Gasteiger partial charge is 0.257 e. The molecule has 9 heteroatoms.